The second kappa shape index (κ2) is 4.87. The molecule has 3 rings (SSSR count). The molecule has 19 heavy (non-hydrogen) atoms. The van der Waals surface area contributed by atoms with Crippen LogP contribution in [0.15, 0.2) is 4.52 Å². The lowest BCUT2D eigenvalue weighted by Gasteiger charge is -2.27. The van der Waals surface area contributed by atoms with Crippen LogP contribution in [0.2, 0.25) is 0 Å². The van der Waals surface area contributed by atoms with Gasteiger partial charge < -0.3 is 19.9 Å². The SMILES string of the molecule is Cc1nsc(N)c1-c1nc(C2CN(C)CCO2)no1. The average molecular weight is 281 g/mol. The van der Waals surface area contributed by atoms with E-state index in [-0.39, 0.29) is 6.10 Å². The van der Waals surface area contributed by atoms with E-state index in [9.17, 15) is 0 Å². The van der Waals surface area contributed by atoms with Crippen LogP contribution in [0.5, 0.6) is 0 Å². The number of hydrogen-bond acceptors (Lipinski definition) is 8. The molecule has 1 saturated heterocycles. The Morgan fingerprint density at radius 1 is 1.47 bits per heavy atom. The van der Waals surface area contributed by atoms with Crippen LogP contribution in [-0.4, -0.2) is 46.2 Å². The van der Waals surface area contributed by atoms with Crippen LogP contribution in [0.25, 0.3) is 11.5 Å². The number of nitrogens with two attached hydrogens (primary N) is 1. The summed E-state index contributed by atoms with van der Waals surface area (Å²) in [5, 5.41) is 4.59. The molecule has 3 heterocycles. The Labute approximate surface area is 114 Å². The van der Waals surface area contributed by atoms with Gasteiger partial charge in [0.2, 0.25) is 5.82 Å². The van der Waals surface area contributed by atoms with Gasteiger partial charge in [0, 0.05) is 13.1 Å². The Bertz CT molecular complexity index is 562. The summed E-state index contributed by atoms with van der Waals surface area (Å²) in [5.74, 6) is 0.974. The number of hydrogen-bond donors (Lipinski definition) is 1. The molecule has 1 aliphatic heterocycles. The molecule has 1 aliphatic rings. The third-order valence-corrected chi connectivity index (χ3v) is 3.87. The highest BCUT2D eigenvalue weighted by Gasteiger charge is 2.26. The first-order valence-corrected chi connectivity index (χ1v) is 6.78. The monoisotopic (exact) mass is 281 g/mol. The van der Waals surface area contributed by atoms with Gasteiger partial charge in [0.15, 0.2) is 0 Å². The second-order valence-corrected chi connectivity index (χ2v) is 5.39. The topological polar surface area (TPSA) is 90.3 Å². The Balaban J connectivity index is 1.87. The van der Waals surface area contributed by atoms with Crippen molar-refractivity contribution in [1.82, 2.24) is 19.4 Å². The molecule has 0 aliphatic carbocycles. The van der Waals surface area contributed by atoms with Crippen molar-refractivity contribution in [3.05, 3.63) is 11.5 Å². The van der Waals surface area contributed by atoms with Crippen LogP contribution in [-0.2, 0) is 4.74 Å². The van der Waals surface area contributed by atoms with Gasteiger partial charge >= 0.3 is 0 Å². The Morgan fingerprint density at radius 2 is 2.32 bits per heavy atom. The fourth-order valence-corrected chi connectivity index (χ4v) is 2.70. The second-order valence-electron chi connectivity index (χ2n) is 4.59. The van der Waals surface area contributed by atoms with Crippen LogP contribution in [0.1, 0.15) is 17.6 Å². The Hall–Kier alpha value is -1.51. The van der Waals surface area contributed by atoms with E-state index in [0.717, 1.165) is 24.3 Å². The number of morpholine rings is 1. The van der Waals surface area contributed by atoms with Crippen LogP contribution in [0, 0.1) is 6.92 Å². The molecular weight excluding hydrogens is 266 g/mol. The zero-order valence-electron chi connectivity index (χ0n) is 10.8. The molecule has 0 aromatic carbocycles. The third-order valence-electron chi connectivity index (χ3n) is 3.10. The van der Waals surface area contributed by atoms with Crippen LogP contribution in [0.3, 0.4) is 0 Å². The largest absolute Gasteiger partial charge is 0.389 e. The highest BCUT2D eigenvalue weighted by Crippen LogP contribution is 2.32. The minimum atomic E-state index is -0.149. The smallest absolute Gasteiger partial charge is 0.262 e. The number of aryl methyl sites for hydroxylation is 1. The summed E-state index contributed by atoms with van der Waals surface area (Å²) in [6.07, 6.45) is -0.149. The van der Waals surface area contributed by atoms with Crippen LogP contribution >= 0.6 is 11.5 Å². The number of rotatable bonds is 2. The number of anilines is 1. The molecule has 0 saturated carbocycles. The summed E-state index contributed by atoms with van der Waals surface area (Å²) in [6, 6.07) is 0. The van der Waals surface area contributed by atoms with Gasteiger partial charge in [-0.25, -0.2) is 0 Å². The number of nitrogens with zero attached hydrogens (tertiary/aromatic N) is 4. The first-order valence-electron chi connectivity index (χ1n) is 6.01. The van der Waals surface area contributed by atoms with Crippen LogP contribution in [0.4, 0.5) is 5.00 Å². The zero-order valence-corrected chi connectivity index (χ0v) is 11.6. The lowest BCUT2D eigenvalue weighted by molar-refractivity contribution is -0.0264. The van der Waals surface area contributed by atoms with E-state index in [1.807, 2.05) is 14.0 Å². The summed E-state index contributed by atoms with van der Waals surface area (Å²) >= 11 is 1.23. The Morgan fingerprint density at radius 3 is 3.00 bits per heavy atom. The molecule has 0 spiro atoms. The lowest BCUT2D eigenvalue weighted by Crippen LogP contribution is -2.35. The van der Waals surface area contributed by atoms with Crippen molar-refractivity contribution in [3.8, 4) is 11.5 Å². The molecule has 1 unspecified atom stereocenters. The fourth-order valence-electron chi connectivity index (χ4n) is 2.05. The predicted octanol–water partition coefficient (Wildman–Crippen LogP) is 1.09. The molecule has 2 aromatic heterocycles. The van der Waals surface area contributed by atoms with Crippen molar-refractivity contribution in [1.29, 1.82) is 0 Å². The fraction of sp³-hybridized carbons (Fsp3) is 0.545. The highest BCUT2D eigenvalue weighted by molar-refractivity contribution is 7.10. The van der Waals surface area contributed by atoms with Crippen molar-refractivity contribution < 1.29 is 9.26 Å². The summed E-state index contributed by atoms with van der Waals surface area (Å²) in [4.78, 5) is 6.57. The van der Waals surface area contributed by atoms with E-state index in [2.05, 4.69) is 19.4 Å². The zero-order chi connectivity index (χ0) is 13.4. The van der Waals surface area contributed by atoms with E-state index in [0.29, 0.717) is 23.3 Å². The maximum Gasteiger partial charge on any atom is 0.262 e. The molecule has 102 valence electrons. The minimum Gasteiger partial charge on any atom is -0.389 e. The molecule has 7 nitrogen and oxygen atoms in total. The van der Waals surface area contributed by atoms with Crippen LogP contribution < -0.4 is 5.73 Å². The van der Waals surface area contributed by atoms with Crippen molar-refractivity contribution in [3.63, 3.8) is 0 Å². The molecular formula is C11H15N5O2S. The van der Waals surface area contributed by atoms with Gasteiger partial charge in [0.1, 0.15) is 11.1 Å². The standard InChI is InChI=1S/C11H15N5O2S/c1-6-8(9(12)19-15-6)11-13-10(14-18-11)7-5-16(2)3-4-17-7/h7H,3-5,12H2,1-2H3. The first-order chi connectivity index (χ1) is 9.15. The quantitative estimate of drug-likeness (QED) is 0.881. The van der Waals surface area contributed by atoms with E-state index < -0.39 is 0 Å². The van der Waals surface area contributed by atoms with Crippen molar-refractivity contribution in [2.75, 3.05) is 32.5 Å². The summed E-state index contributed by atoms with van der Waals surface area (Å²) < 4.78 is 15.1. The van der Waals surface area contributed by atoms with E-state index in [4.69, 9.17) is 15.0 Å². The van der Waals surface area contributed by atoms with Gasteiger partial charge in [-0.3, -0.25) is 0 Å². The molecule has 0 radical (unpaired) electrons. The maximum atomic E-state index is 5.87. The van der Waals surface area contributed by atoms with Gasteiger partial charge in [0.05, 0.1) is 17.9 Å². The minimum absolute atomic E-state index is 0.149. The highest BCUT2D eigenvalue weighted by atomic mass is 32.1. The number of nitrogen functional groups attached to an aromatic ring is 1. The van der Waals surface area contributed by atoms with Crippen molar-refractivity contribution >= 4 is 16.5 Å². The number of aromatic nitrogens is 3. The molecule has 0 amide bonds. The van der Waals surface area contributed by atoms with Gasteiger partial charge in [-0.2, -0.15) is 9.36 Å². The third kappa shape index (κ3) is 2.34. The molecule has 1 atom stereocenters. The lowest BCUT2D eigenvalue weighted by atomic mass is 10.2. The molecule has 2 N–H and O–H groups in total. The van der Waals surface area contributed by atoms with Gasteiger partial charge in [0.25, 0.3) is 5.89 Å². The number of ether oxygens (including phenoxy) is 1. The Kier molecular flexibility index (Phi) is 3.21. The van der Waals surface area contributed by atoms with Gasteiger partial charge in [-0.1, -0.05) is 5.16 Å². The molecule has 0 bridgehead atoms. The summed E-state index contributed by atoms with van der Waals surface area (Å²) in [6.45, 7) is 4.22. The maximum absolute atomic E-state index is 5.87. The number of likely N-dealkylation sites (N-methyl/N-ethyl adjacent to an activating group) is 1. The van der Waals surface area contributed by atoms with E-state index >= 15 is 0 Å². The van der Waals surface area contributed by atoms with E-state index in [1.54, 1.807) is 0 Å². The van der Waals surface area contributed by atoms with Crippen molar-refractivity contribution in [2.45, 2.75) is 13.0 Å². The summed E-state index contributed by atoms with van der Waals surface area (Å²) in [7, 11) is 2.04. The van der Waals surface area contributed by atoms with Crippen molar-refractivity contribution in [2.24, 2.45) is 0 Å². The normalized spacial score (nSPS) is 20.8. The van der Waals surface area contributed by atoms with Gasteiger partial charge in [-0.05, 0) is 25.5 Å². The molecule has 8 heteroatoms. The van der Waals surface area contributed by atoms with Gasteiger partial charge in [-0.15, -0.1) is 0 Å². The van der Waals surface area contributed by atoms with E-state index in [1.165, 1.54) is 11.5 Å². The predicted molar refractivity (Wildman–Crippen MR) is 70.7 cm³/mol. The molecule has 2 aromatic rings. The average Bonchev–Trinajstić information content (AvgIpc) is 2.97. The first kappa shape index (κ1) is 12.5. The molecule has 1 fully saturated rings. The summed E-state index contributed by atoms with van der Waals surface area (Å²) in [5.41, 5.74) is 7.41.